The van der Waals surface area contributed by atoms with E-state index in [1.165, 1.54) is 12.1 Å². The van der Waals surface area contributed by atoms with Crippen LogP contribution < -0.4 is 5.32 Å². The van der Waals surface area contributed by atoms with E-state index in [1.807, 2.05) is 0 Å². The molecule has 82 valence electrons. The number of hydrogen-bond donors (Lipinski definition) is 2. The van der Waals surface area contributed by atoms with Gasteiger partial charge in [-0.05, 0) is 13.0 Å². The van der Waals surface area contributed by atoms with E-state index in [0.717, 1.165) is 6.07 Å². The molecule has 1 aromatic carbocycles. The molecule has 1 unspecified atom stereocenters. The summed E-state index contributed by atoms with van der Waals surface area (Å²) in [6, 6.07) is 3.02. The largest absolute Gasteiger partial charge is 0.394 e. The standard InChI is InChI=1S/C9H11FN2O3/c1-6(5-13)11-9-3-2-7(12(14)15)4-8(9)10/h2-4,6,11,13H,5H2,1H3. The van der Waals surface area contributed by atoms with Crippen molar-refractivity contribution in [2.45, 2.75) is 13.0 Å². The highest BCUT2D eigenvalue weighted by Crippen LogP contribution is 2.20. The second-order valence-corrected chi connectivity index (χ2v) is 3.15. The second-order valence-electron chi connectivity index (χ2n) is 3.15. The van der Waals surface area contributed by atoms with E-state index in [0.29, 0.717) is 0 Å². The second kappa shape index (κ2) is 4.70. The van der Waals surface area contributed by atoms with Crippen LogP contribution >= 0.6 is 0 Å². The highest BCUT2D eigenvalue weighted by atomic mass is 19.1. The van der Waals surface area contributed by atoms with Gasteiger partial charge in [-0.25, -0.2) is 4.39 Å². The Kier molecular flexibility index (Phi) is 3.56. The van der Waals surface area contributed by atoms with Gasteiger partial charge in [0, 0.05) is 12.1 Å². The predicted molar refractivity (Wildman–Crippen MR) is 53.2 cm³/mol. The van der Waals surface area contributed by atoms with Crippen molar-refractivity contribution in [3.8, 4) is 0 Å². The summed E-state index contributed by atoms with van der Waals surface area (Å²) in [5.74, 6) is -0.704. The van der Waals surface area contributed by atoms with E-state index < -0.39 is 10.7 Å². The summed E-state index contributed by atoms with van der Waals surface area (Å²) in [4.78, 5) is 9.66. The Morgan fingerprint density at radius 2 is 2.33 bits per heavy atom. The lowest BCUT2D eigenvalue weighted by Crippen LogP contribution is -2.19. The van der Waals surface area contributed by atoms with Crippen molar-refractivity contribution < 1.29 is 14.4 Å². The molecular formula is C9H11FN2O3. The third-order valence-corrected chi connectivity index (χ3v) is 1.84. The van der Waals surface area contributed by atoms with Crippen molar-refractivity contribution >= 4 is 11.4 Å². The Bertz CT molecular complexity index is 370. The minimum absolute atomic E-state index is 0.141. The summed E-state index contributed by atoms with van der Waals surface area (Å²) in [6.45, 7) is 1.53. The molecule has 0 radical (unpaired) electrons. The molecule has 0 fully saturated rings. The van der Waals surface area contributed by atoms with Gasteiger partial charge in [-0.2, -0.15) is 0 Å². The zero-order valence-electron chi connectivity index (χ0n) is 8.11. The molecule has 0 aromatic heterocycles. The van der Waals surface area contributed by atoms with Crippen molar-refractivity contribution in [2.24, 2.45) is 0 Å². The number of rotatable bonds is 4. The van der Waals surface area contributed by atoms with Crippen LogP contribution in [0.2, 0.25) is 0 Å². The van der Waals surface area contributed by atoms with Crippen LogP contribution in [0.3, 0.4) is 0 Å². The molecule has 1 rings (SSSR count). The molecule has 0 heterocycles. The minimum Gasteiger partial charge on any atom is -0.394 e. The molecule has 15 heavy (non-hydrogen) atoms. The Morgan fingerprint density at radius 3 is 2.80 bits per heavy atom. The number of hydrogen-bond acceptors (Lipinski definition) is 4. The summed E-state index contributed by atoms with van der Waals surface area (Å²) in [7, 11) is 0. The molecule has 0 spiro atoms. The van der Waals surface area contributed by atoms with Gasteiger partial charge in [-0.1, -0.05) is 0 Å². The van der Waals surface area contributed by atoms with Crippen LogP contribution in [-0.4, -0.2) is 22.7 Å². The quantitative estimate of drug-likeness (QED) is 0.588. The summed E-state index contributed by atoms with van der Waals surface area (Å²) in [5.41, 5.74) is -0.156. The minimum atomic E-state index is -0.704. The molecule has 6 heteroatoms. The van der Waals surface area contributed by atoms with E-state index in [1.54, 1.807) is 6.92 Å². The highest BCUT2D eigenvalue weighted by molar-refractivity contribution is 5.50. The van der Waals surface area contributed by atoms with Gasteiger partial charge >= 0.3 is 0 Å². The molecule has 1 aromatic rings. The Morgan fingerprint density at radius 1 is 1.67 bits per heavy atom. The molecular weight excluding hydrogens is 203 g/mol. The van der Waals surface area contributed by atoms with E-state index in [-0.39, 0.29) is 24.0 Å². The maximum atomic E-state index is 13.3. The number of aliphatic hydroxyl groups excluding tert-OH is 1. The number of nitrogens with zero attached hydrogens (tertiary/aromatic N) is 1. The lowest BCUT2D eigenvalue weighted by atomic mass is 10.2. The van der Waals surface area contributed by atoms with Crippen molar-refractivity contribution in [1.82, 2.24) is 0 Å². The zero-order valence-corrected chi connectivity index (χ0v) is 8.11. The predicted octanol–water partition coefficient (Wildman–Crippen LogP) is 1.53. The molecule has 0 amide bonds. The lowest BCUT2D eigenvalue weighted by Gasteiger charge is -2.12. The number of nitro benzene ring substituents is 1. The van der Waals surface area contributed by atoms with Crippen LogP contribution in [-0.2, 0) is 0 Å². The average Bonchev–Trinajstić information content (AvgIpc) is 2.20. The van der Waals surface area contributed by atoms with Gasteiger partial charge in [0.15, 0.2) is 5.82 Å². The third kappa shape index (κ3) is 2.88. The zero-order chi connectivity index (χ0) is 11.4. The SMILES string of the molecule is CC(CO)Nc1ccc([N+](=O)[O-])cc1F. The molecule has 1 atom stereocenters. The third-order valence-electron chi connectivity index (χ3n) is 1.84. The number of nitro groups is 1. The first-order valence-corrected chi connectivity index (χ1v) is 4.36. The lowest BCUT2D eigenvalue weighted by molar-refractivity contribution is -0.385. The summed E-state index contributed by atoms with van der Waals surface area (Å²) in [6.07, 6.45) is 0. The maximum Gasteiger partial charge on any atom is 0.272 e. The van der Waals surface area contributed by atoms with Crippen LogP contribution in [0.25, 0.3) is 0 Å². The fraction of sp³-hybridized carbons (Fsp3) is 0.333. The van der Waals surface area contributed by atoms with Gasteiger partial charge in [-0.3, -0.25) is 10.1 Å². The molecule has 0 bridgehead atoms. The van der Waals surface area contributed by atoms with Crippen molar-refractivity contribution in [2.75, 3.05) is 11.9 Å². The van der Waals surface area contributed by atoms with E-state index in [9.17, 15) is 14.5 Å². The van der Waals surface area contributed by atoms with E-state index in [4.69, 9.17) is 5.11 Å². The van der Waals surface area contributed by atoms with Gasteiger partial charge in [0.05, 0.1) is 23.3 Å². The fourth-order valence-corrected chi connectivity index (χ4v) is 1.05. The number of nitrogens with one attached hydrogen (secondary N) is 1. The molecule has 5 nitrogen and oxygen atoms in total. The first-order chi connectivity index (χ1) is 7.04. The Hall–Kier alpha value is -1.69. The normalized spacial score (nSPS) is 12.2. The molecule has 0 saturated carbocycles. The van der Waals surface area contributed by atoms with Gasteiger partial charge in [0.1, 0.15) is 0 Å². The topological polar surface area (TPSA) is 75.4 Å². The monoisotopic (exact) mass is 214 g/mol. The van der Waals surface area contributed by atoms with Crippen LogP contribution in [0.1, 0.15) is 6.92 Å². The number of non-ortho nitro benzene ring substituents is 1. The first-order valence-electron chi connectivity index (χ1n) is 4.36. The number of aliphatic hydroxyl groups is 1. The Labute approximate surface area is 85.7 Å². The van der Waals surface area contributed by atoms with Crippen LogP contribution in [0.5, 0.6) is 0 Å². The number of benzene rings is 1. The smallest absolute Gasteiger partial charge is 0.272 e. The van der Waals surface area contributed by atoms with Gasteiger partial charge < -0.3 is 10.4 Å². The Balaban J connectivity index is 2.88. The van der Waals surface area contributed by atoms with E-state index in [2.05, 4.69) is 5.32 Å². The fourth-order valence-electron chi connectivity index (χ4n) is 1.05. The average molecular weight is 214 g/mol. The van der Waals surface area contributed by atoms with Crippen LogP contribution in [0.15, 0.2) is 18.2 Å². The summed E-state index contributed by atoms with van der Waals surface area (Å²) in [5, 5.41) is 21.7. The highest BCUT2D eigenvalue weighted by Gasteiger charge is 2.11. The van der Waals surface area contributed by atoms with Crippen LogP contribution in [0, 0.1) is 15.9 Å². The van der Waals surface area contributed by atoms with Gasteiger partial charge in [0.2, 0.25) is 0 Å². The number of anilines is 1. The van der Waals surface area contributed by atoms with Crippen LogP contribution in [0.4, 0.5) is 15.8 Å². The van der Waals surface area contributed by atoms with Crippen molar-refractivity contribution in [3.63, 3.8) is 0 Å². The first kappa shape index (κ1) is 11.4. The molecule has 0 aliphatic rings. The maximum absolute atomic E-state index is 13.3. The summed E-state index contributed by atoms with van der Waals surface area (Å²) < 4.78 is 13.3. The molecule has 0 aliphatic carbocycles. The van der Waals surface area contributed by atoms with Gasteiger partial charge in [0.25, 0.3) is 5.69 Å². The summed E-state index contributed by atoms with van der Waals surface area (Å²) >= 11 is 0. The number of halogens is 1. The molecule has 0 saturated heterocycles. The van der Waals surface area contributed by atoms with Crippen molar-refractivity contribution in [3.05, 3.63) is 34.1 Å². The molecule has 2 N–H and O–H groups in total. The van der Waals surface area contributed by atoms with Crippen molar-refractivity contribution in [1.29, 1.82) is 0 Å². The van der Waals surface area contributed by atoms with E-state index >= 15 is 0 Å². The van der Waals surface area contributed by atoms with Gasteiger partial charge in [-0.15, -0.1) is 0 Å². The molecule has 0 aliphatic heterocycles.